The molecule has 4 rings (SSSR count). The zero-order chi connectivity index (χ0) is 23.8. The number of nitrogens with zero attached hydrogens (tertiary/aromatic N) is 2. The molecule has 0 spiro atoms. The molecule has 1 aliphatic heterocycles. The maximum absolute atomic E-state index is 13.4. The first-order valence-corrected chi connectivity index (χ1v) is 11.6. The highest BCUT2D eigenvalue weighted by atomic mass is 32.2. The van der Waals surface area contributed by atoms with Gasteiger partial charge in [-0.05, 0) is 42.3 Å². The van der Waals surface area contributed by atoms with Crippen LogP contribution in [0, 0.1) is 6.92 Å². The van der Waals surface area contributed by atoms with Crippen molar-refractivity contribution in [2.75, 3.05) is 11.4 Å². The van der Waals surface area contributed by atoms with E-state index in [0.717, 1.165) is 27.6 Å². The van der Waals surface area contributed by atoms with Crippen LogP contribution in [0.25, 0.3) is 0 Å². The average molecular weight is 475 g/mol. The quantitative estimate of drug-likeness (QED) is 0.548. The topological polar surface area (TPSA) is 57.7 Å². The Bertz CT molecular complexity index is 1310. The molecule has 0 fully saturated rings. The van der Waals surface area contributed by atoms with Gasteiger partial charge in [-0.3, -0.25) is 4.79 Å². The number of carbonyl (C=O) groups excluding carboxylic acids is 1. The SMILES string of the molecule is Cc1cccc(CN2CC(=O)N(Cc3cccc(C(F)(F)F)c3)c3ccccc3S2(=O)=O)c1. The van der Waals surface area contributed by atoms with Crippen molar-refractivity contribution >= 4 is 21.6 Å². The molecular weight excluding hydrogens is 453 g/mol. The molecule has 3 aromatic carbocycles. The number of sulfonamides is 1. The van der Waals surface area contributed by atoms with E-state index < -0.39 is 34.2 Å². The lowest BCUT2D eigenvalue weighted by atomic mass is 10.1. The van der Waals surface area contributed by atoms with Crippen LogP contribution in [-0.2, 0) is 34.1 Å². The van der Waals surface area contributed by atoms with Crippen molar-refractivity contribution in [1.82, 2.24) is 4.31 Å². The smallest absolute Gasteiger partial charge is 0.305 e. The van der Waals surface area contributed by atoms with Crippen LogP contribution >= 0.6 is 0 Å². The second-order valence-corrected chi connectivity index (χ2v) is 9.81. The normalized spacial score (nSPS) is 16.4. The van der Waals surface area contributed by atoms with Crippen LogP contribution in [0.1, 0.15) is 22.3 Å². The second kappa shape index (κ2) is 8.64. The van der Waals surface area contributed by atoms with E-state index in [9.17, 15) is 26.4 Å². The number of aryl methyl sites for hydroxylation is 1. The zero-order valence-electron chi connectivity index (χ0n) is 17.7. The fraction of sp³-hybridized carbons (Fsp3) is 0.208. The van der Waals surface area contributed by atoms with Gasteiger partial charge < -0.3 is 4.90 Å². The number of halogens is 3. The van der Waals surface area contributed by atoms with Crippen molar-refractivity contribution < 1.29 is 26.4 Å². The molecule has 3 aromatic rings. The largest absolute Gasteiger partial charge is 0.416 e. The summed E-state index contributed by atoms with van der Waals surface area (Å²) < 4.78 is 67.4. The van der Waals surface area contributed by atoms with Crippen molar-refractivity contribution in [2.24, 2.45) is 0 Å². The molecule has 0 bridgehead atoms. The molecule has 9 heteroatoms. The fourth-order valence-corrected chi connectivity index (χ4v) is 5.42. The van der Waals surface area contributed by atoms with Crippen molar-refractivity contribution in [3.8, 4) is 0 Å². The molecule has 0 aromatic heterocycles. The van der Waals surface area contributed by atoms with E-state index in [-0.39, 0.29) is 29.2 Å². The van der Waals surface area contributed by atoms with Gasteiger partial charge in [0.1, 0.15) is 4.90 Å². The maximum atomic E-state index is 13.4. The van der Waals surface area contributed by atoms with Crippen LogP contribution in [0.3, 0.4) is 0 Å². The van der Waals surface area contributed by atoms with Gasteiger partial charge in [0, 0.05) is 6.54 Å². The average Bonchev–Trinajstić information content (AvgIpc) is 2.83. The third kappa shape index (κ3) is 4.79. The molecule has 0 saturated heterocycles. The molecule has 172 valence electrons. The summed E-state index contributed by atoms with van der Waals surface area (Å²) in [5.74, 6) is -0.520. The molecule has 0 N–H and O–H groups in total. The lowest BCUT2D eigenvalue weighted by Gasteiger charge is -2.22. The van der Waals surface area contributed by atoms with Gasteiger partial charge in [-0.25, -0.2) is 8.42 Å². The van der Waals surface area contributed by atoms with Crippen LogP contribution in [0.2, 0.25) is 0 Å². The number of anilines is 1. The molecule has 5 nitrogen and oxygen atoms in total. The van der Waals surface area contributed by atoms with E-state index in [1.807, 2.05) is 25.1 Å². The lowest BCUT2D eigenvalue weighted by Crippen LogP contribution is -2.38. The summed E-state index contributed by atoms with van der Waals surface area (Å²) >= 11 is 0. The Morgan fingerprint density at radius 3 is 2.24 bits per heavy atom. The summed E-state index contributed by atoms with van der Waals surface area (Å²) in [6.07, 6.45) is -4.52. The first-order valence-electron chi connectivity index (χ1n) is 10.2. The first-order chi connectivity index (χ1) is 15.6. The third-order valence-electron chi connectivity index (χ3n) is 5.42. The highest BCUT2D eigenvalue weighted by Crippen LogP contribution is 2.34. The predicted molar refractivity (Wildman–Crippen MR) is 118 cm³/mol. The van der Waals surface area contributed by atoms with Crippen LogP contribution in [-0.4, -0.2) is 25.2 Å². The van der Waals surface area contributed by atoms with E-state index >= 15 is 0 Å². The van der Waals surface area contributed by atoms with Gasteiger partial charge in [0.15, 0.2) is 0 Å². The molecule has 0 unspecified atom stereocenters. The Kier molecular flexibility index (Phi) is 6.02. The molecule has 1 heterocycles. The van der Waals surface area contributed by atoms with Crippen molar-refractivity contribution in [3.63, 3.8) is 0 Å². The summed E-state index contributed by atoms with van der Waals surface area (Å²) in [5, 5.41) is 0. The van der Waals surface area contributed by atoms with Gasteiger partial charge in [0.25, 0.3) is 0 Å². The molecule has 1 amide bonds. The zero-order valence-corrected chi connectivity index (χ0v) is 18.5. The lowest BCUT2D eigenvalue weighted by molar-refractivity contribution is -0.137. The fourth-order valence-electron chi connectivity index (χ4n) is 3.85. The molecule has 1 aliphatic rings. The van der Waals surface area contributed by atoms with Gasteiger partial charge in [-0.2, -0.15) is 17.5 Å². The molecule has 0 saturated carbocycles. The van der Waals surface area contributed by atoms with Crippen LogP contribution < -0.4 is 4.90 Å². The van der Waals surface area contributed by atoms with Gasteiger partial charge in [-0.1, -0.05) is 54.1 Å². The summed E-state index contributed by atoms with van der Waals surface area (Å²) in [6.45, 7) is 1.27. The van der Waals surface area contributed by atoms with Gasteiger partial charge in [-0.15, -0.1) is 0 Å². The van der Waals surface area contributed by atoms with Gasteiger partial charge >= 0.3 is 6.18 Å². The standard InChI is InChI=1S/C24H21F3N2O3S/c1-17-6-4-7-18(12-17)14-28-16-23(30)29(21-10-2-3-11-22(21)33(28,31)32)15-19-8-5-9-20(13-19)24(25,26)27/h2-13H,14-16H2,1H3. The molecular formula is C24H21F3N2O3S. The Balaban J connectivity index is 1.73. The van der Waals surface area contributed by atoms with Gasteiger partial charge in [0.2, 0.25) is 15.9 Å². The number of carbonyl (C=O) groups is 1. The van der Waals surface area contributed by atoms with E-state index in [4.69, 9.17) is 0 Å². The van der Waals surface area contributed by atoms with Crippen molar-refractivity contribution in [3.05, 3.63) is 95.1 Å². The Labute approximate surface area is 190 Å². The number of para-hydroxylation sites is 1. The molecule has 0 aliphatic carbocycles. The molecule has 0 radical (unpaired) electrons. The predicted octanol–water partition coefficient (Wildman–Crippen LogP) is 4.75. The van der Waals surface area contributed by atoms with Crippen molar-refractivity contribution in [1.29, 1.82) is 0 Å². The monoisotopic (exact) mass is 474 g/mol. The summed E-state index contributed by atoms with van der Waals surface area (Å²) in [5.41, 5.74) is 1.25. The number of amides is 1. The highest BCUT2D eigenvalue weighted by molar-refractivity contribution is 7.89. The number of fused-ring (bicyclic) bond motifs is 1. The molecule has 0 atom stereocenters. The van der Waals surface area contributed by atoms with Crippen LogP contribution in [0.15, 0.2) is 77.7 Å². The second-order valence-electron chi connectivity index (χ2n) is 7.91. The summed E-state index contributed by atoms with van der Waals surface area (Å²) in [4.78, 5) is 14.4. The van der Waals surface area contributed by atoms with Crippen LogP contribution in [0.4, 0.5) is 18.9 Å². The summed E-state index contributed by atoms with van der Waals surface area (Å²) in [7, 11) is -4.03. The number of rotatable bonds is 4. The van der Waals surface area contributed by atoms with Crippen LogP contribution in [0.5, 0.6) is 0 Å². The minimum Gasteiger partial charge on any atom is -0.305 e. The Hall–Kier alpha value is -3.17. The number of benzene rings is 3. The van der Waals surface area contributed by atoms with E-state index in [1.54, 1.807) is 18.2 Å². The number of hydrogen-bond acceptors (Lipinski definition) is 3. The minimum atomic E-state index is -4.52. The molecule has 33 heavy (non-hydrogen) atoms. The van der Waals surface area contributed by atoms with E-state index in [1.165, 1.54) is 29.2 Å². The Morgan fingerprint density at radius 2 is 1.55 bits per heavy atom. The highest BCUT2D eigenvalue weighted by Gasteiger charge is 2.37. The van der Waals surface area contributed by atoms with E-state index in [2.05, 4.69) is 0 Å². The summed E-state index contributed by atoms with van der Waals surface area (Å²) in [6, 6.07) is 18.1. The van der Waals surface area contributed by atoms with E-state index in [0.29, 0.717) is 0 Å². The maximum Gasteiger partial charge on any atom is 0.416 e. The number of alkyl halides is 3. The van der Waals surface area contributed by atoms with Crippen molar-refractivity contribution in [2.45, 2.75) is 31.1 Å². The minimum absolute atomic E-state index is 0.00147. The Morgan fingerprint density at radius 1 is 0.879 bits per heavy atom. The number of hydrogen-bond donors (Lipinski definition) is 0. The first kappa shape index (κ1) is 23.0. The van der Waals surface area contributed by atoms with Gasteiger partial charge in [0.05, 0.1) is 24.3 Å². The third-order valence-corrected chi connectivity index (χ3v) is 7.26.